The van der Waals surface area contributed by atoms with Crippen LogP contribution in [0.4, 0.5) is 0 Å². The molecule has 3 aromatic heterocycles. The number of thioether (sulfide) groups is 1. The van der Waals surface area contributed by atoms with E-state index in [-0.39, 0.29) is 11.7 Å². The summed E-state index contributed by atoms with van der Waals surface area (Å²) in [6.07, 6.45) is 3.51. The molecule has 1 atom stereocenters. The molecule has 1 aliphatic heterocycles. The average molecular weight is 467 g/mol. The molecule has 0 amide bonds. The Hall–Kier alpha value is -2.42. The van der Waals surface area contributed by atoms with Gasteiger partial charge in [-0.2, -0.15) is 0 Å². The van der Waals surface area contributed by atoms with Gasteiger partial charge >= 0.3 is 0 Å². The average Bonchev–Trinajstić information content (AvgIpc) is 3.39. The zero-order valence-corrected chi connectivity index (χ0v) is 19.9. The molecule has 4 heterocycles. The van der Waals surface area contributed by atoms with Crippen LogP contribution in [0.2, 0.25) is 0 Å². The first kappa shape index (κ1) is 21.4. The van der Waals surface area contributed by atoms with Gasteiger partial charge in [-0.1, -0.05) is 62.0 Å². The van der Waals surface area contributed by atoms with E-state index >= 15 is 0 Å². The van der Waals surface area contributed by atoms with E-state index in [1.54, 1.807) is 27.7 Å². The molecule has 0 fully saturated rings. The lowest BCUT2D eigenvalue weighted by Crippen LogP contribution is -2.29. The van der Waals surface area contributed by atoms with Gasteiger partial charge in [0.05, 0.1) is 18.1 Å². The fourth-order valence-electron chi connectivity index (χ4n) is 4.23. The van der Waals surface area contributed by atoms with Crippen molar-refractivity contribution in [3.8, 4) is 0 Å². The number of nitrogens with zero attached hydrogens (tertiary/aromatic N) is 4. The first-order valence-electron chi connectivity index (χ1n) is 10.9. The lowest BCUT2D eigenvalue weighted by Gasteiger charge is -2.26. The standard InChI is InChI=1S/C24H26N4O2S2/c1-4-12-31-24-26-25-23-27(11-10-16-8-6-5-7-9-16)21(29)20-17-13-18(15(2)3)30-14-19(17)32-22(20)28(23)24/h4-9,15,18H,1,10-14H2,2-3H3/t18-/m0/s1. The Morgan fingerprint density at radius 2 is 2.12 bits per heavy atom. The minimum atomic E-state index is 0.0259. The van der Waals surface area contributed by atoms with Crippen LogP contribution < -0.4 is 5.56 Å². The van der Waals surface area contributed by atoms with E-state index in [2.05, 4.69) is 47.2 Å². The van der Waals surface area contributed by atoms with E-state index in [0.717, 1.165) is 44.4 Å². The van der Waals surface area contributed by atoms with Crippen molar-refractivity contribution >= 4 is 39.1 Å². The van der Waals surface area contributed by atoms with Crippen LogP contribution >= 0.6 is 23.1 Å². The summed E-state index contributed by atoms with van der Waals surface area (Å²) in [5.74, 6) is 1.73. The summed E-state index contributed by atoms with van der Waals surface area (Å²) in [5, 5.41) is 10.5. The topological polar surface area (TPSA) is 61.4 Å². The quantitative estimate of drug-likeness (QED) is 0.291. The highest BCUT2D eigenvalue weighted by Crippen LogP contribution is 2.37. The Labute approximate surface area is 194 Å². The molecule has 0 radical (unpaired) electrons. The number of hydrogen-bond donors (Lipinski definition) is 0. The number of hydrogen-bond acceptors (Lipinski definition) is 6. The van der Waals surface area contributed by atoms with E-state index in [1.165, 1.54) is 5.56 Å². The highest BCUT2D eigenvalue weighted by molar-refractivity contribution is 7.99. The third-order valence-corrected chi connectivity index (χ3v) is 8.08. The van der Waals surface area contributed by atoms with Gasteiger partial charge in [-0.05, 0) is 23.5 Å². The van der Waals surface area contributed by atoms with E-state index in [4.69, 9.17) is 4.74 Å². The molecular weight excluding hydrogens is 440 g/mol. The van der Waals surface area contributed by atoms with Gasteiger partial charge in [0, 0.05) is 23.6 Å². The van der Waals surface area contributed by atoms with E-state index in [9.17, 15) is 4.79 Å². The van der Waals surface area contributed by atoms with Gasteiger partial charge < -0.3 is 4.74 Å². The number of aromatic nitrogens is 4. The summed E-state index contributed by atoms with van der Waals surface area (Å²) in [5.41, 5.74) is 2.36. The summed E-state index contributed by atoms with van der Waals surface area (Å²) in [6.45, 7) is 9.28. The lowest BCUT2D eigenvalue weighted by atomic mass is 9.96. The van der Waals surface area contributed by atoms with Gasteiger partial charge in [-0.15, -0.1) is 28.1 Å². The first-order chi connectivity index (χ1) is 15.6. The Balaban J connectivity index is 1.70. The number of benzene rings is 1. The first-order valence-corrected chi connectivity index (χ1v) is 12.7. The second-order valence-corrected chi connectivity index (χ2v) is 10.5. The summed E-state index contributed by atoms with van der Waals surface area (Å²) >= 11 is 3.22. The van der Waals surface area contributed by atoms with Crippen molar-refractivity contribution in [2.45, 2.75) is 51.1 Å². The monoisotopic (exact) mass is 466 g/mol. The van der Waals surface area contributed by atoms with Gasteiger partial charge in [0.25, 0.3) is 5.56 Å². The van der Waals surface area contributed by atoms with E-state index in [0.29, 0.717) is 24.8 Å². The maximum Gasteiger partial charge on any atom is 0.263 e. The number of fused-ring (bicyclic) bond motifs is 5. The minimum absolute atomic E-state index is 0.0259. The van der Waals surface area contributed by atoms with Crippen LogP contribution in [-0.4, -0.2) is 31.0 Å². The largest absolute Gasteiger partial charge is 0.372 e. The molecule has 1 aromatic carbocycles. The van der Waals surface area contributed by atoms with Crippen molar-refractivity contribution in [3.05, 3.63) is 69.3 Å². The molecule has 0 unspecified atom stereocenters. The number of thiophene rings is 1. The fourth-order valence-corrected chi connectivity index (χ4v) is 6.20. The van der Waals surface area contributed by atoms with Crippen LogP contribution in [0.1, 0.15) is 29.9 Å². The van der Waals surface area contributed by atoms with Crippen molar-refractivity contribution in [2.24, 2.45) is 5.92 Å². The van der Waals surface area contributed by atoms with Crippen LogP contribution in [0.5, 0.6) is 0 Å². The van der Waals surface area contributed by atoms with Crippen molar-refractivity contribution in [1.29, 1.82) is 0 Å². The van der Waals surface area contributed by atoms with Crippen LogP contribution in [-0.2, 0) is 30.7 Å². The third-order valence-electron chi connectivity index (χ3n) is 5.97. The van der Waals surface area contributed by atoms with Gasteiger partial charge in [-0.25, -0.2) is 4.40 Å². The van der Waals surface area contributed by atoms with Crippen molar-refractivity contribution in [3.63, 3.8) is 0 Å². The molecule has 0 saturated carbocycles. The summed E-state index contributed by atoms with van der Waals surface area (Å²) in [4.78, 5) is 15.9. The zero-order valence-electron chi connectivity index (χ0n) is 18.3. The van der Waals surface area contributed by atoms with Crippen molar-refractivity contribution in [2.75, 3.05) is 5.75 Å². The fraction of sp³-hybridized carbons (Fsp3) is 0.375. The molecule has 1 aliphatic rings. The highest BCUT2D eigenvalue weighted by atomic mass is 32.2. The normalized spacial score (nSPS) is 16.2. The second kappa shape index (κ2) is 8.84. The van der Waals surface area contributed by atoms with Crippen LogP contribution in [0.3, 0.4) is 0 Å². The number of ether oxygens (including phenoxy) is 1. The maximum atomic E-state index is 13.8. The Bertz CT molecular complexity index is 1340. The molecular formula is C24H26N4O2S2. The Morgan fingerprint density at radius 3 is 2.88 bits per heavy atom. The van der Waals surface area contributed by atoms with Gasteiger partial charge in [0.2, 0.25) is 5.78 Å². The van der Waals surface area contributed by atoms with E-state index < -0.39 is 0 Å². The summed E-state index contributed by atoms with van der Waals surface area (Å²) < 4.78 is 9.96. The molecule has 8 heteroatoms. The van der Waals surface area contributed by atoms with Crippen LogP contribution in [0, 0.1) is 5.92 Å². The predicted octanol–water partition coefficient (Wildman–Crippen LogP) is 4.72. The van der Waals surface area contributed by atoms with Gasteiger partial charge in [0.15, 0.2) is 5.16 Å². The second-order valence-electron chi connectivity index (χ2n) is 8.39. The molecule has 0 spiro atoms. The van der Waals surface area contributed by atoms with Crippen molar-refractivity contribution < 1.29 is 4.74 Å². The lowest BCUT2D eigenvalue weighted by molar-refractivity contribution is 0.00200. The third kappa shape index (κ3) is 3.70. The molecule has 6 nitrogen and oxygen atoms in total. The maximum absolute atomic E-state index is 13.8. The molecule has 0 N–H and O–H groups in total. The summed E-state index contributed by atoms with van der Waals surface area (Å²) in [7, 11) is 0. The Morgan fingerprint density at radius 1 is 1.31 bits per heavy atom. The van der Waals surface area contributed by atoms with E-state index in [1.807, 2.05) is 24.3 Å². The zero-order chi connectivity index (χ0) is 22.2. The number of aryl methyl sites for hydroxylation is 2. The smallest absolute Gasteiger partial charge is 0.263 e. The molecule has 32 heavy (non-hydrogen) atoms. The highest BCUT2D eigenvalue weighted by Gasteiger charge is 2.29. The number of rotatable bonds is 7. The van der Waals surface area contributed by atoms with Crippen LogP contribution in [0.25, 0.3) is 16.0 Å². The predicted molar refractivity (Wildman–Crippen MR) is 131 cm³/mol. The van der Waals surface area contributed by atoms with Crippen molar-refractivity contribution in [1.82, 2.24) is 19.2 Å². The SMILES string of the molecule is C=CCSc1nnc2n(CCc3ccccc3)c(=O)c3c4c(sc3n12)CO[C@H](C(C)C)C4. The summed E-state index contributed by atoms with van der Waals surface area (Å²) in [6, 6.07) is 10.2. The van der Waals surface area contributed by atoms with Gasteiger partial charge in [0.1, 0.15) is 4.83 Å². The molecule has 0 saturated heterocycles. The molecule has 0 bridgehead atoms. The molecule has 166 valence electrons. The Kier molecular flexibility index (Phi) is 5.92. The molecule has 0 aliphatic carbocycles. The van der Waals surface area contributed by atoms with Gasteiger partial charge in [-0.3, -0.25) is 9.36 Å². The van der Waals surface area contributed by atoms with Crippen LogP contribution in [0.15, 0.2) is 52.9 Å². The molecule has 5 rings (SSSR count). The minimum Gasteiger partial charge on any atom is -0.372 e. The molecule has 4 aromatic rings.